The fourth-order valence-corrected chi connectivity index (χ4v) is 2.74. The lowest BCUT2D eigenvalue weighted by molar-refractivity contribution is -0.123. The summed E-state index contributed by atoms with van der Waals surface area (Å²) in [4.78, 5) is 23.2. The molecule has 1 N–H and O–H groups in total. The van der Waals surface area contributed by atoms with Gasteiger partial charge in [-0.25, -0.2) is 4.79 Å². The van der Waals surface area contributed by atoms with Gasteiger partial charge in [0.2, 0.25) is 0 Å². The molecule has 2 atom stereocenters. The first kappa shape index (κ1) is 16.0. The Kier molecular flexibility index (Phi) is 5.39. The minimum Gasteiger partial charge on any atom is -0.444 e. The van der Waals surface area contributed by atoms with E-state index in [4.69, 9.17) is 4.74 Å². The van der Waals surface area contributed by atoms with Crippen LogP contribution in [0.4, 0.5) is 4.79 Å². The van der Waals surface area contributed by atoms with Crippen molar-refractivity contribution in [3.8, 4) is 0 Å². The maximum Gasteiger partial charge on any atom is 0.407 e. The molecule has 1 saturated carbocycles. The summed E-state index contributed by atoms with van der Waals surface area (Å²) >= 11 is 0. The molecule has 0 aromatic heterocycles. The number of carbonyl (C=O) groups is 2. The van der Waals surface area contributed by atoms with Crippen LogP contribution in [0.5, 0.6) is 0 Å². The van der Waals surface area contributed by atoms with Crippen molar-refractivity contribution in [1.29, 1.82) is 0 Å². The van der Waals surface area contributed by atoms with E-state index in [0.29, 0.717) is 37.0 Å². The van der Waals surface area contributed by atoms with E-state index >= 15 is 0 Å². The molecule has 0 heterocycles. The molecule has 0 bridgehead atoms. The zero-order valence-electron chi connectivity index (χ0n) is 12.8. The SMILES string of the molecule is CC(C)C1CCC(=O)CC1CNC(=O)OC(C)(C)C. The first-order valence-electron chi connectivity index (χ1n) is 7.17. The first-order chi connectivity index (χ1) is 8.69. The third-order valence-electron chi connectivity index (χ3n) is 3.62. The number of Topliss-reactive ketones (excluding diaryl/α,β-unsaturated/α-hetero) is 1. The Morgan fingerprint density at radius 1 is 1.42 bits per heavy atom. The summed E-state index contributed by atoms with van der Waals surface area (Å²) in [6, 6.07) is 0. The Balaban J connectivity index is 2.48. The molecular weight excluding hydrogens is 242 g/mol. The molecule has 1 fully saturated rings. The number of hydrogen-bond acceptors (Lipinski definition) is 3. The third-order valence-corrected chi connectivity index (χ3v) is 3.62. The van der Waals surface area contributed by atoms with Gasteiger partial charge >= 0.3 is 6.09 Å². The van der Waals surface area contributed by atoms with Gasteiger partial charge in [0.1, 0.15) is 11.4 Å². The van der Waals surface area contributed by atoms with Gasteiger partial charge in [0.05, 0.1) is 0 Å². The predicted molar refractivity (Wildman–Crippen MR) is 74.9 cm³/mol. The van der Waals surface area contributed by atoms with Crippen molar-refractivity contribution in [1.82, 2.24) is 5.32 Å². The van der Waals surface area contributed by atoms with E-state index in [0.717, 1.165) is 6.42 Å². The highest BCUT2D eigenvalue weighted by atomic mass is 16.6. The Morgan fingerprint density at radius 3 is 2.58 bits per heavy atom. The van der Waals surface area contributed by atoms with E-state index in [2.05, 4.69) is 19.2 Å². The third kappa shape index (κ3) is 5.62. The van der Waals surface area contributed by atoms with Crippen LogP contribution in [0.3, 0.4) is 0 Å². The Hall–Kier alpha value is -1.06. The van der Waals surface area contributed by atoms with Crippen LogP contribution < -0.4 is 5.32 Å². The number of rotatable bonds is 3. The number of ketones is 1. The van der Waals surface area contributed by atoms with Crippen LogP contribution in [-0.4, -0.2) is 24.0 Å². The molecule has 0 aromatic rings. The Labute approximate surface area is 116 Å². The van der Waals surface area contributed by atoms with Gasteiger partial charge in [-0.15, -0.1) is 0 Å². The minimum absolute atomic E-state index is 0.244. The van der Waals surface area contributed by atoms with E-state index in [9.17, 15) is 9.59 Å². The molecule has 1 aliphatic carbocycles. The van der Waals surface area contributed by atoms with Gasteiger partial charge < -0.3 is 10.1 Å². The second kappa shape index (κ2) is 6.40. The van der Waals surface area contributed by atoms with E-state index in [-0.39, 0.29) is 5.92 Å². The van der Waals surface area contributed by atoms with Gasteiger partial charge in [0.15, 0.2) is 0 Å². The molecule has 110 valence electrons. The molecule has 2 unspecified atom stereocenters. The predicted octanol–water partition coefficient (Wildman–Crippen LogP) is 3.15. The van der Waals surface area contributed by atoms with Crippen LogP contribution in [-0.2, 0) is 9.53 Å². The van der Waals surface area contributed by atoms with Crippen LogP contribution in [0, 0.1) is 17.8 Å². The number of alkyl carbamates (subject to hydrolysis) is 1. The Morgan fingerprint density at radius 2 is 2.05 bits per heavy atom. The summed E-state index contributed by atoms with van der Waals surface area (Å²) in [7, 11) is 0. The smallest absolute Gasteiger partial charge is 0.407 e. The maximum absolute atomic E-state index is 11.6. The fraction of sp³-hybridized carbons (Fsp3) is 0.867. The van der Waals surface area contributed by atoms with Crippen molar-refractivity contribution in [2.45, 2.75) is 59.5 Å². The maximum atomic E-state index is 11.6. The van der Waals surface area contributed by atoms with Crippen LogP contribution in [0.2, 0.25) is 0 Å². The standard InChI is InChI=1S/C15H27NO3/c1-10(2)13-7-6-12(17)8-11(13)9-16-14(18)19-15(3,4)5/h10-11,13H,6-9H2,1-5H3,(H,16,18). The summed E-state index contributed by atoms with van der Waals surface area (Å²) in [5.74, 6) is 1.60. The summed E-state index contributed by atoms with van der Waals surface area (Å²) in [5.41, 5.74) is -0.482. The molecule has 0 spiro atoms. The number of hydrogen-bond donors (Lipinski definition) is 1. The average molecular weight is 269 g/mol. The van der Waals surface area contributed by atoms with E-state index in [1.807, 2.05) is 20.8 Å². The fourth-order valence-electron chi connectivity index (χ4n) is 2.74. The molecule has 0 aromatic carbocycles. The molecule has 4 nitrogen and oxygen atoms in total. The molecule has 0 radical (unpaired) electrons. The molecule has 1 rings (SSSR count). The minimum atomic E-state index is -0.482. The Bertz CT molecular complexity index is 331. The second-order valence-electron chi connectivity index (χ2n) is 6.83. The molecule has 19 heavy (non-hydrogen) atoms. The number of carbonyl (C=O) groups excluding carboxylic acids is 2. The number of ether oxygens (including phenoxy) is 1. The highest BCUT2D eigenvalue weighted by Crippen LogP contribution is 2.33. The second-order valence-corrected chi connectivity index (χ2v) is 6.83. The van der Waals surface area contributed by atoms with Crippen molar-refractivity contribution in [2.75, 3.05) is 6.54 Å². The van der Waals surface area contributed by atoms with Crippen LogP contribution in [0.15, 0.2) is 0 Å². The van der Waals surface area contributed by atoms with Crippen LogP contribution >= 0.6 is 0 Å². The van der Waals surface area contributed by atoms with Crippen molar-refractivity contribution in [2.24, 2.45) is 17.8 Å². The van der Waals surface area contributed by atoms with Gasteiger partial charge in [-0.1, -0.05) is 13.8 Å². The lowest BCUT2D eigenvalue weighted by atomic mass is 9.73. The molecular formula is C15H27NO3. The summed E-state index contributed by atoms with van der Waals surface area (Å²) in [5, 5.41) is 2.80. The van der Waals surface area contributed by atoms with Crippen molar-refractivity contribution < 1.29 is 14.3 Å². The quantitative estimate of drug-likeness (QED) is 0.856. The van der Waals surface area contributed by atoms with Gasteiger partial charge in [-0.05, 0) is 44.9 Å². The van der Waals surface area contributed by atoms with Crippen molar-refractivity contribution in [3.63, 3.8) is 0 Å². The van der Waals surface area contributed by atoms with E-state index in [1.54, 1.807) is 0 Å². The van der Waals surface area contributed by atoms with Crippen molar-refractivity contribution >= 4 is 11.9 Å². The van der Waals surface area contributed by atoms with E-state index in [1.165, 1.54) is 0 Å². The van der Waals surface area contributed by atoms with Gasteiger partial charge in [0, 0.05) is 19.4 Å². The topological polar surface area (TPSA) is 55.4 Å². The summed E-state index contributed by atoms with van der Waals surface area (Å²) < 4.78 is 5.22. The average Bonchev–Trinajstić information content (AvgIpc) is 2.23. The van der Waals surface area contributed by atoms with Gasteiger partial charge in [-0.2, -0.15) is 0 Å². The first-order valence-corrected chi connectivity index (χ1v) is 7.17. The number of amides is 1. The summed E-state index contributed by atoms with van der Waals surface area (Å²) in [6.45, 7) is 10.4. The molecule has 0 saturated heterocycles. The van der Waals surface area contributed by atoms with Crippen LogP contribution in [0.1, 0.15) is 53.9 Å². The monoisotopic (exact) mass is 269 g/mol. The lowest BCUT2D eigenvalue weighted by Gasteiger charge is -2.33. The molecule has 0 aliphatic heterocycles. The number of nitrogens with one attached hydrogen (secondary N) is 1. The lowest BCUT2D eigenvalue weighted by Crippen LogP contribution is -2.40. The largest absolute Gasteiger partial charge is 0.444 e. The highest BCUT2D eigenvalue weighted by molar-refractivity contribution is 5.79. The molecule has 1 amide bonds. The normalized spacial score (nSPS) is 24.4. The highest BCUT2D eigenvalue weighted by Gasteiger charge is 2.31. The zero-order valence-corrected chi connectivity index (χ0v) is 12.8. The van der Waals surface area contributed by atoms with Gasteiger partial charge in [0.25, 0.3) is 0 Å². The molecule has 1 aliphatic rings. The zero-order chi connectivity index (χ0) is 14.6. The van der Waals surface area contributed by atoms with Crippen molar-refractivity contribution in [3.05, 3.63) is 0 Å². The van der Waals surface area contributed by atoms with Gasteiger partial charge in [-0.3, -0.25) is 4.79 Å². The van der Waals surface area contributed by atoms with E-state index < -0.39 is 11.7 Å². The van der Waals surface area contributed by atoms with Crippen LogP contribution in [0.25, 0.3) is 0 Å². The summed E-state index contributed by atoms with van der Waals surface area (Å²) in [6.07, 6.45) is 1.81. The molecule has 4 heteroatoms.